The van der Waals surface area contributed by atoms with Gasteiger partial charge in [0.25, 0.3) is 0 Å². The Morgan fingerprint density at radius 3 is 2.58 bits per heavy atom. The zero-order valence-electron chi connectivity index (χ0n) is 18.9. The van der Waals surface area contributed by atoms with E-state index in [0.29, 0.717) is 23.7 Å². The molecule has 6 N–H and O–H groups in total. The number of carbonyl (C=O) groups is 3. The molecule has 0 radical (unpaired) electrons. The fourth-order valence-corrected chi connectivity index (χ4v) is 10.1. The van der Waals surface area contributed by atoms with Crippen molar-refractivity contribution in [3.8, 4) is 0 Å². The molecule has 12 unspecified atom stereocenters. The molecule has 12 atom stereocenters. The topological polar surface area (TPSA) is 157 Å². The van der Waals surface area contributed by atoms with E-state index in [1.807, 2.05) is 0 Å². The van der Waals surface area contributed by atoms with E-state index in [0.717, 1.165) is 31.1 Å². The Kier molecular flexibility index (Phi) is 3.81. The van der Waals surface area contributed by atoms with Crippen LogP contribution in [0.15, 0.2) is 0 Å². The first-order valence-corrected chi connectivity index (χ1v) is 12.6. The molecule has 1 heterocycles. The maximum atomic E-state index is 13.8. The van der Waals surface area contributed by atoms with Crippen LogP contribution in [0, 0.1) is 52.8 Å². The number of hydrogen-bond donors (Lipinski definition) is 3. The summed E-state index contributed by atoms with van der Waals surface area (Å²) in [5, 5.41) is 0. The van der Waals surface area contributed by atoms with Crippen LogP contribution in [0.2, 0.25) is 0 Å². The number of carbonyl (C=O) groups excluding carboxylic acids is 3. The van der Waals surface area contributed by atoms with Crippen LogP contribution < -0.4 is 17.2 Å². The fourth-order valence-electron chi connectivity index (χ4n) is 10.1. The van der Waals surface area contributed by atoms with Crippen molar-refractivity contribution in [2.75, 3.05) is 0 Å². The lowest BCUT2D eigenvalue weighted by Crippen LogP contribution is -2.65. The molecule has 180 valence electrons. The molecule has 9 heteroatoms. The number of fused-ring (bicyclic) bond motifs is 3. The van der Waals surface area contributed by atoms with Gasteiger partial charge in [-0.2, -0.15) is 0 Å². The summed E-state index contributed by atoms with van der Waals surface area (Å²) in [5.74, 6) is -3.15. The van der Waals surface area contributed by atoms with Gasteiger partial charge in [0.1, 0.15) is 17.8 Å². The van der Waals surface area contributed by atoms with Gasteiger partial charge in [-0.05, 0) is 68.1 Å². The minimum atomic E-state index is -2.15. The van der Waals surface area contributed by atoms with Crippen molar-refractivity contribution < 1.29 is 28.6 Å². The molecule has 1 aliphatic heterocycles. The number of nitrogens with two attached hydrogens (primary N) is 3. The summed E-state index contributed by atoms with van der Waals surface area (Å²) in [4.78, 5) is 38.9. The van der Waals surface area contributed by atoms with Crippen LogP contribution in [0.4, 0.5) is 0 Å². The maximum Gasteiger partial charge on any atom is 0.356 e. The molecular weight excluding hydrogens is 426 g/mol. The van der Waals surface area contributed by atoms with Gasteiger partial charge in [-0.15, -0.1) is 0 Å². The Hall–Kier alpha value is -1.71. The Labute approximate surface area is 192 Å². The van der Waals surface area contributed by atoms with Crippen molar-refractivity contribution >= 4 is 17.9 Å². The van der Waals surface area contributed by atoms with Crippen LogP contribution in [0.5, 0.6) is 0 Å². The average Bonchev–Trinajstić information content (AvgIpc) is 3.44. The molecule has 7 fully saturated rings. The minimum Gasteiger partial charge on any atom is -0.458 e. The fraction of sp³-hybridized carbons (Fsp3) is 0.875. The van der Waals surface area contributed by atoms with E-state index in [-0.39, 0.29) is 17.8 Å². The van der Waals surface area contributed by atoms with E-state index in [1.165, 1.54) is 19.3 Å². The zero-order valence-corrected chi connectivity index (χ0v) is 18.9. The molecule has 33 heavy (non-hydrogen) atoms. The highest BCUT2D eigenvalue weighted by atomic mass is 16.6. The molecule has 9 nitrogen and oxygen atoms in total. The predicted octanol–water partition coefficient (Wildman–Crippen LogP) is 0.384. The molecule has 6 saturated carbocycles. The lowest BCUT2D eigenvalue weighted by molar-refractivity contribution is -0.195. The van der Waals surface area contributed by atoms with Crippen LogP contribution in [0.3, 0.4) is 0 Å². The van der Waals surface area contributed by atoms with Crippen molar-refractivity contribution in [1.82, 2.24) is 0 Å². The van der Waals surface area contributed by atoms with Crippen molar-refractivity contribution in [3.63, 3.8) is 0 Å². The minimum absolute atomic E-state index is 0.163. The lowest BCUT2D eigenvalue weighted by Gasteiger charge is -2.54. The van der Waals surface area contributed by atoms with E-state index in [2.05, 4.69) is 6.92 Å². The Balaban J connectivity index is 1.17. The first-order valence-electron chi connectivity index (χ1n) is 12.6. The highest BCUT2D eigenvalue weighted by Gasteiger charge is 2.77. The maximum absolute atomic E-state index is 13.8. The molecule has 5 bridgehead atoms. The molecule has 7 rings (SSSR count). The van der Waals surface area contributed by atoms with Gasteiger partial charge in [-0.1, -0.05) is 6.92 Å². The number of hydrogen-bond acceptors (Lipinski definition) is 9. The Morgan fingerprint density at radius 2 is 1.85 bits per heavy atom. The molecule has 1 saturated heterocycles. The van der Waals surface area contributed by atoms with Gasteiger partial charge in [0.15, 0.2) is 0 Å². The van der Waals surface area contributed by atoms with E-state index in [4.69, 9.17) is 31.4 Å². The van der Waals surface area contributed by atoms with Crippen LogP contribution in [-0.4, -0.2) is 41.5 Å². The number of esters is 3. The van der Waals surface area contributed by atoms with Crippen molar-refractivity contribution in [3.05, 3.63) is 0 Å². The molecule has 0 amide bonds. The third-order valence-electron chi connectivity index (χ3n) is 11.1. The van der Waals surface area contributed by atoms with E-state index in [1.54, 1.807) is 0 Å². The second kappa shape index (κ2) is 6.10. The van der Waals surface area contributed by atoms with E-state index >= 15 is 0 Å². The Bertz CT molecular complexity index is 964. The SMILES string of the molecule is CCC1(OC(=O)C2C3CC4C(OC(=O)C42)C3OC(=O)C(N)(N)N)C2CC3CC4CC1C4(C3)C2. The van der Waals surface area contributed by atoms with Gasteiger partial charge in [0.05, 0.1) is 11.8 Å². The summed E-state index contributed by atoms with van der Waals surface area (Å²) in [6, 6.07) is 0. The first kappa shape index (κ1) is 20.6. The molecule has 6 aliphatic carbocycles. The van der Waals surface area contributed by atoms with Gasteiger partial charge < -0.3 is 14.2 Å². The zero-order chi connectivity index (χ0) is 23.1. The van der Waals surface area contributed by atoms with Crippen molar-refractivity contribution in [1.29, 1.82) is 0 Å². The molecular formula is C24H33N3O6. The highest BCUT2D eigenvalue weighted by molar-refractivity contribution is 5.87. The average molecular weight is 460 g/mol. The third-order valence-corrected chi connectivity index (χ3v) is 11.1. The third kappa shape index (κ3) is 2.32. The summed E-state index contributed by atoms with van der Waals surface area (Å²) in [6.07, 6.45) is 6.15. The lowest BCUT2D eigenvalue weighted by atomic mass is 9.53. The molecule has 0 aromatic heterocycles. The summed E-state index contributed by atoms with van der Waals surface area (Å²) in [5.41, 5.74) is 16.4. The normalized spacial score (nSPS) is 54.2. The second-order valence-corrected chi connectivity index (χ2v) is 12.2. The monoisotopic (exact) mass is 459 g/mol. The van der Waals surface area contributed by atoms with Crippen LogP contribution in [-0.2, 0) is 28.6 Å². The van der Waals surface area contributed by atoms with E-state index in [9.17, 15) is 14.4 Å². The molecule has 0 aromatic rings. The van der Waals surface area contributed by atoms with Gasteiger partial charge in [0.2, 0.25) is 5.79 Å². The van der Waals surface area contributed by atoms with Crippen LogP contribution in [0.1, 0.15) is 51.9 Å². The molecule has 7 aliphatic rings. The van der Waals surface area contributed by atoms with Crippen molar-refractivity contribution in [2.45, 2.75) is 75.5 Å². The summed E-state index contributed by atoms with van der Waals surface area (Å²) in [6.45, 7) is 2.14. The molecule has 0 aromatic carbocycles. The summed E-state index contributed by atoms with van der Waals surface area (Å²) < 4.78 is 17.6. The largest absolute Gasteiger partial charge is 0.458 e. The van der Waals surface area contributed by atoms with Gasteiger partial charge in [-0.25, -0.2) is 4.79 Å². The van der Waals surface area contributed by atoms with Crippen molar-refractivity contribution in [2.24, 2.45) is 70.0 Å². The predicted molar refractivity (Wildman–Crippen MR) is 112 cm³/mol. The van der Waals surface area contributed by atoms with Gasteiger partial charge >= 0.3 is 17.9 Å². The van der Waals surface area contributed by atoms with Gasteiger partial charge in [-0.3, -0.25) is 26.8 Å². The number of rotatable bonds is 5. The first-order chi connectivity index (χ1) is 15.6. The van der Waals surface area contributed by atoms with Crippen LogP contribution >= 0.6 is 0 Å². The Morgan fingerprint density at radius 1 is 1.09 bits per heavy atom. The highest BCUT2D eigenvalue weighted by Crippen LogP contribution is 2.79. The van der Waals surface area contributed by atoms with E-state index < -0.39 is 47.4 Å². The van der Waals surface area contributed by atoms with Crippen LogP contribution in [0.25, 0.3) is 0 Å². The smallest absolute Gasteiger partial charge is 0.356 e. The summed E-state index contributed by atoms with van der Waals surface area (Å²) >= 11 is 0. The summed E-state index contributed by atoms with van der Waals surface area (Å²) in [7, 11) is 0. The number of ether oxygens (including phenoxy) is 3. The second-order valence-electron chi connectivity index (χ2n) is 12.2. The molecule has 1 spiro atoms. The standard InChI is InChI=1S/C24H33N3O6/c1-2-23(11-4-9-3-10-5-14(23)22(10,7-9)8-11)33-20(29)16-13-6-12-15(16)19(28)31-17(12)18(13)32-21(30)24(25,26)27/h9-18H,2-8,25-27H2,1H3. The quantitative estimate of drug-likeness (QED) is 0.300. The van der Waals surface area contributed by atoms with Gasteiger partial charge in [0, 0.05) is 17.8 Å².